The number of nitrogens with zero attached hydrogens (tertiary/aromatic N) is 2. The van der Waals surface area contributed by atoms with Gasteiger partial charge in [-0.25, -0.2) is 9.97 Å². The molecule has 1 heterocycles. The van der Waals surface area contributed by atoms with Gasteiger partial charge in [-0.1, -0.05) is 0 Å². The van der Waals surface area contributed by atoms with Crippen LogP contribution in [0.2, 0.25) is 0 Å². The van der Waals surface area contributed by atoms with Crippen LogP contribution in [0.5, 0.6) is 5.75 Å². The van der Waals surface area contributed by atoms with Crippen LogP contribution in [-0.4, -0.2) is 28.3 Å². The van der Waals surface area contributed by atoms with Gasteiger partial charge in [0.2, 0.25) is 5.95 Å². The highest BCUT2D eigenvalue weighted by atomic mass is 16.5. The van der Waals surface area contributed by atoms with Crippen LogP contribution in [0.25, 0.3) is 0 Å². The van der Waals surface area contributed by atoms with Gasteiger partial charge in [0.15, 0.2) is 0 Å². The number of aliphatic hydroxyl groups is 1. The summed E-state index contributed by atoms with van der Waals surface area (Å²) in [7, 11) is 0. The van der Waals surface area contributed by atoms with Gasteiger partial charge in [0.05, 0.1) is 6.61 Å². The van der Waals surface area contributed by atoms with Gasteiger partial charge in [0, 0.05) is 17.6 Å². The highest BCUT2D eigenvalue weighted by Gasteiger charge is 1.98. The summed E-state index contributed by atoms with van der Waals surface area (Å²) in [5.41, 5.74) is 1.80. The van der Waals surface area contributed by atoms with Crippen LogP contribution in [-0.2, 0) is 0 Å². The molecule has 1 aromatic carbocycles. The van der Waals surface area contributed by atoms with E-state index < -0.39 is 0 Å². The number of aliphatic hydroxyl groups excluding tert-OH is 1. The number of aryl methyl sites for hydroxylation is 1. The van der Waals surface area contributed by atoms with Crippen LogP contribution in [0.1, 0.15) is 5.69 Å². The molecule has 5 heteroatoms. The van der Waals surface area contributed by atoms with Gasteiger partial charge in [0.1, 0.15) is 12.4 Å². The minimum Gasteiger partial charge on any atom is -0.491 e. The van der Waals surface area contributed by atoms with Crippen molar-refractivity contribution in [2.75, 3.05) is 18.5 Å². The molecule has 0 bridgehead atoms. The summed E-state index contributed by atoms with van der Waals surface area (Å²) in [5.74, 6) is 1.29. The molecule has 2 aromatic rings. The fourth-order valence-electron chi connectivity index (χ4n) is 1.44. The highest BCUT2D eigenvalue weighted by molar-refractivity contribution is 5.54. The molecule has 1 aromatic heterocycles. The van der Waals surface area contributed by atoms with Crippen molar-refractivity contribution in [3.05, 3.63) is 42.2 Å². The lowest BCUT2D eigenvalue weighted by atomic mass is 10.3. The Morgan fingerprint density at radius 3 is 2.67 bits per heavy atom. The van der Waals surface area contributed by atoms with E-state index in [4.69, 9.17) is 9.84 Å². The summed E-state index contributed by atoms with van der Waals surface area (Å²) in [6.45, 7) is 2.23. The quantitative estimate of drug-likeness (QED) is 0.842. The second-order valence-electron chi connectivity index (χ2n) is 3.74. The number of anilines is 2. The Kier molecular flexibility index (Phi) is 4.09. The predicted octanol–water partition coefficient (Wildman–Crippen LogP) is 1.90. The minimum atomic E-state index is 0.0110. The maximum atomic E-state index is 8.65. The third-order valence-corrected chi connectivity index (χ3v) is 2.27. The zero-order chi connectivity index (χ0) is 12.8. The average Bonchev–Trinajstić information content (AvgIpc) is 2.38. The van der Waals surface area contributed by atoms with Gasteiger partial charge in [0.25, 0.3) is 0 Å². The first-order valence-electron chi connectivity index (χ1n) is 5.68. The Bertz CT molecular complexity index is 500. The van der Waals surface area contributed by atoms with Gasteiger partial charge in [-0.2, -0.15) is 0 Å². The molecule has 2 rings (SSSR count). The van der Waals surface area contributed by atoms with E-state index in [1.54, 1.807) is 6.20 Å². The molecule has 0 saturated carbocycles. The molecule has 0 fully saturated rings. The SMILES string of the molecule is Cc1ccnc(Nc2ccc(OCCO)cc2)n1. The van der Waals surface area contributed by atoms with Gasteiger partial charge >= 0.3 is 0 Å². The molecule has 2 N–H and O–H groups in total. The van der Waals surface area contributed by atoms with E-state index in [0.717, 1.165) is 17.1 Å². The van der Waals surface area contributed by atoms with Crippen LogP contribution in [0.15, 0.2) is 36.5 Å². The third kappa shape index (κ3) is 3.43. The molecule has 0 aliphatic carbocycles. The Labute approximate surface area is 105 Å². The number of hydrogen-bond donors (Lipinski definition) is 2. The minimum absolute atomic E-state index is 0.0110. The Morgan fingerprint density at radius 2 is 2.00 bits per heavy atom. The Balaban J connectivity index is 2.02. The number of ether oxygens (including phenoxy) is 1. The van der Waals surface area contributed by atoms with Gasteiger partial charge in [-0.05, 0) is 37.3 Å². The van der Waals surface area contributed by atoms with E-state index in [1.807, 2.05) is 37.3 Å². The number of rotatable bonds is 5. The Morgan fingerprint density at radius 1 is 1.22 bits per heavy atom. The van der Waals surface area contributed by atoms with Crippen LogP contribution in [0.4, 0.5) is 11.6 Å². The molecule has 0 atom stereocenters. The first kappa shape index (κ1) is 12.3. The molecule has 5 nitrogen and oxygen atoms in total. The molecule has 0 aliphatic heterocycles. The van der Waals surface area contributed by atoms with Crippen molar-refractivity contribution in [2.24, 2.45) is 0 Å². The Hall–Kier alpha value is -2.14. The molecule has 0 saturated heterocycles. The van der Waals surface area contributed by atoms with E-state index in [9.17, 15) is 0 Å². The molecular weight excluding hydrogens is 230 g/mol. The van der Waals surface area contributed by atoms with Crippen LogP contribution < -0.4 is 10.1 Å². The standard InChI is InChI=1S/C13H15N3O2/c1-10-6-7-14-13(15-10)16-11-2-4-12(5-3-11)18-9-8-17/h2-7,17H,8-9H2,1H3,(H,14,15,16). The second-order valence-corrected chi connectivity index (χ2v) is 3.74. The van der Waals surface area contributed by atoms with E-state index in [1.165, 1.54) is 0 Å². The zero-order valence-corrected chi connectivity index (χ0v) is 10.1. The predicted molar refractivity (Wildman–Crippen MR) is 69.1 cm³/mol. The van der Waals surface area contributed by atoms with Gasteiger partial charge < -0.3 is 15.2 Å². The van der Waals surface area contributed by atoms with Crippen molar-refractivity contribution < 1.29 is 9.84 Å². The zero-order valence-electron chi connectivity index (χ0n) is 10.1. The highest BCUT2D eigenvalue weighted by Crippen LogP contribution is 2.17. The summed E-state index contributed by atoms with van der Waals surface area (Å²) in [6, 6.07) is 9.25. The van der Waals surface area contributed by atoms with Crippen molar-refractivity contribution in [1.29, 1.82) is 0 Å². The van der Waals surface area contributed by atoms with Crippen molar-refractivity contribution in [3.8, 4) is 5.75 Å². The van der Waals surface area contributed by atoms with E-state index in [2.05, 4.69) is 15.3 Å². The largest absolute Gasteiger partial charge is 0.491 e. The summed E-state index contributed by atoms with van der Waals surface area (Å²) < 4.78 is 5.27. The average molecular weight is 245 g/mol. The molecule has 0 amide bonds. The number of hydrogen-bond acceptors (Lipinski definition) is 5. The summed E-state index contributed by atoms with van der Waals surface area (Å²) in [4.78, 5) is 8.37. The molecule has 0 radical (unpaired) electrons. The number of benzene rings is 1. The summed E-state index contributed by atoms with van der Waals surface area (Å²) in [6.07, 6.45) is 1.71. The molecular formula is C13H15N3O2. The summed E-state index contributed by atoms with van der Waals surface area (Å²) >= 11 is 0. The fraction of sp³-hybridized carbons (Fsp3) is 0.231. The first-order chi connectivity index (χ1) is 8.78. The first-order valence-corrected chi connectivity index (χ1v) is 5.68. The van der Waals surface area contributed by atoms with Crippen molar-refractivity contribution in [1.82, 2.24) is 9.97 Å². The van der Waals surface area contributed by atoms with Crippen molar-refractivity contribution in [3.63, 3.8) is 0 Å². The normalized spacial score (nSPS) is 10.1. The second kappa shape index (κ2) is 5.97. The van der Waals surface area contributed by atoms with Gasteiger partial charge in [-0.3, -0.25) is 0 Å². The smallest absolute Gasteiger partial charge is 0.227 e. The molecule has 18 heavy (non-hydrogen) atoms. The van der Waals surface area contributed by atoms with Crippen LogP contribution in [0.3, 0.4) is 0 Å². The topological polar surface area (TPSA) is 67.3 Å². The van der Waals surface area contributed by atoms with Crippen molar-refractivity contribution in [2.45, 2.75) is 6.92 Å². The van der Waals surface area contributed by atoms with E-state index >= 15 is 0 Å². The maximum Gasteiger partial charge on any atom is 0.227 e. The van der Waals surface area contributed by atoms with Crippen LogP contribution >= 0.6 is 0 Å². The lowest BCUT2D eigenvalue weighted by Crippen LogP contribution is -2.01. The molecule has 94 valence electrons. The fourth-order valence-corrected chi connectivity index (χ4v) is 1.44. The van der Waals surface area contributed by atoms with E-state index in [0.29, 0.717) is 12.6 Å². The van der Waals surface area contributed by atoms with E-state index in [-0.39, 0.29) is 6.61 Å². The number of aromatic nitrogens is 2. The monoisotopic (exact) mass is 245 g/mol. The number of nitrogens with one attached hydrogen (secondary N) is 1. The van der Waals surface area contributed by atoms with Gasteiger partial charge in [-0.15, -0.1) is 0 Å². The van der Waals surface area contributed by atoms with Crippen LogP contribution in [0, 0.1) is 6.92 Å². The third-order valence-electron chi connectivity index (χ3n) is 2.27. The lowest BCUT2D eigenvalue weighted by molar-refractivity contribution is 0.201. The lowest BCUT2D eigenvalue weighted by Gasteiger charge is -2.07. The molecule has 0 spiro atoms. The molecule has 0 aliphatic rings. The maximum absolute atomic E-state index is 8.65. The van der Waals surface area contributed by atoms with Crippen molar-refractivity contribution >= 4 is 11.6 Å². The molecule has 0 unspecified atom stereocenters. The summed E-state index contributed by atoms with van der Waals surface area (Å²) in [5, 5.41) is 11.7.